The number of pyridine rings is 1. The molecule has 0 saturated heterocycles. The molecule has 0 saturated carbocycles. The fourth-order valence-corrected chi connectivity index (χ4v) is 3.33. The van der Waals surface area contributed by atoms with Gasteiger partial charge in [0, 0.05) is 19.3 Å². The van der Waals surface area contributed by atoms with Gasteiger partial charge >= 0.3 is 0 Å². The summed E-state index contributed by atoms with van der Waals surface area (Å²) in [7, 11) is 0. The molecule has 4 rings (SSSR count). The first-order valence-corrected chi connectivity index (χ1v) is 8.97. The molecule has 0 N–H and O–H groups in total. The van der Waals surface area contributed by atoms with Crippen molar-refractivity contribution in [1.82, 2.24) is 4.98 Å². The third-order valence-corrected chi connectivity index (χ3v) is 4.75. The smallest absolute Gasteiger partial charge is 0.0558 e. The molecule has 0 atom stereocenters. The zero-order valence-electron chi connectivity index (χ0n) is 15.0. The van der Waals surface area contributed by atoms with E-state index in [1.807, 2.05) is 18.5 Å². The highest BCUT2D eigenvalue weighted by Gasteiger charge is 2.11. The number of aromatic nitrogens is 1. The van der Waals surface area contributed by atoms with Crippen LogP contribution < -0.4 is 4.90 Å². The Balaban J connectivity index is 1.69. The molecular formula is C24H22N2. The van der Waals surface area contributed by atoms with Crippen molar-refractivity contribution in [2.45, 2.75) is 20.0 Å². The number of hydrogen-bond acceptors (Lipinski definition) is 2. The Labute approximate surface area is 154 Å². The van der Waals surface area contributed by atoms with Gasteiger partial charge in [-0.05, 0) is 41.0 Å². The minimum Gasteiger partial charge on any atom is -0.362 e. The van der Waals surface area contributed by atoms with Crippen molar-refractivity contribution in [2.24, 2.45) is 0 Å². The molecule has 0 bridgehead atoms. The minimum absolute atomic E-state index is 0.848. The second-order valence-electron chi connectivity index (χ2n) is 6.69. The second-order valence-corrected chi connectivity index (χ2v) is 6.69. The van der Waals surface area contributed by atoms with Gasteiger partial charge in [-0.3, -0.25) is 4.98 Å². The summed E-state index contributed by atoms with van der Waals surface area (Å²) in [6.07, 6.45) is 3.77. The van der Waals surface area contributed by atoms with Gasteiger partial charge in [-0.25, -0.2) is 0 Å². The van der Waals surface area contributed by atoms with Crippen LogP contribution in [-0.4, -0.2) is 4.98 Å². The number of benzene rings is 3. The average Bonchev–Trinajstić information content (AvgIpc) is 2.70. The first-order chi connectivity index (χ1) is 12.8. The topological polar surface area (TPSA) is 16.1 Å². The van der Waals surface area contributed by atoms with Crippen LogP contribution in [0.15, 0.2) is 91.3 Å². The van der Waals surface area contributed by atoms with Crippen molar-refractivity contribution < 1.29 is 0 Å². The first-order valence-electron chi connectivity index (χ1n) is 8.97. The largest absolute Gasteiger partial charge is 0.362 e. The van der Waals surface area contributed by atoms with E-state index < -0.39 is 0 Å². The fraction of sp³-hybridized carbons (Fsp3) is 0.125. The van der Waals surface area contributed by atoms with E-state index in [1.54, 1.807) is 0 Å². The van der Waals surface area contributed by atoms with E-state index in [4.69, 9.17) is 0 Å². The van der Waals surface area contributed by atoms with Crippen LogP contribution in [0.3, 0.4) is 0 Å². The molecule has 0 fully saturated rings. The van der Waals surface area contributed by atoms with Gasteiger partial charge in [0.2, 0.25) is 0 Å². The molecule has 1 aromatic heterocycles. The minimum atomic E-state index is 0.848. The van der Waals surface area contributed by atoms with Crippen molar-refractivity contribution in [3.63, 3.8) is 0 Å². The number of fused-ring (bicyclic) bond motifs is 1. The molecule has 0 aliphatic carbocycles. The number of nitrogens with zero attached hydrogens (tertiary/aromatic N) is 2. The fourth-order valence-electron chi connectivity index (χ4n) is 3.33. The van der Waals surface area contributed by atoms with Crippen molar-refractivity contribution >= 4 is 16.5 Å². The Morgan fingerprint density at radius 1 is 0.769 bits per heavy atom. The lowest BCUT2D eigenvalue weighted by Gasteiger charge is -2.25. The van der Waals surface area contributed by atoms with Gasteiger partial charge in [-0.15, -0.1) is 0 Å². The summed E-state index contributed by atoms with van der Waals surface area (Å²) in [5.74, 6) is 0. The molecule has 4 aromatic rings. The predicted molar refractivity (Wildman–Crippen MR) is 109 cm³/mol. The number of aryl methyl sites for hydroxylation is 1. The summed E-state index contributed by atoms with van der Waals surface area (Å²) in [6, 6.07) is 28.0. The zero-order chi connectivity index (χ0) is 17.8. The molecule has 0 amide bonds. The van der Waals surface area contributed by atoms with E-state index in [1.165, 1.54) is 27.5 Å². The summed E-state index contributed by atoms with van der Waals surface area (Å²) in [4.78, 5) is 6.71. The lowest BCUT2D eigenvalue weighted by Crippen LogP contribution is -2.22. The van der Waals surface area contributed by atoms with Crippen molar-refractivity contribution in [2.75, 3.05) is 4.90 Å². The van der Waals surface area contributed by atoms with E-state index in [9.17, 15) is 0 Å². The Morgan fingerprint density at radius 2 is 1.58 bits per heavy atom. The molecule has 0 unspecified atom stereocenters. The summed E-state index contributed by atoms with van der Waals surface area (Å²) in [6.45, 7) is 3.83. The highest BCUT2D eigenvalue weighted by atomic mass is 15.1. The monoisotopic (exact) mass is 338 g/mol. The third-order valence-electron chi connectivity index (χ3n) is 4.75. The zero-order valence-corrected chi connectivity index (χ0v) is 15.0. The number of anilines is 1. The summed E-state index contributed by atoms with van der Waals surface area (Å²) < 4.78 is 0. The van der Waals surface area contributed by atoms with Gasteiger partial charge in [0.1, 0.15) is 0 Å². The maximum atomic E-state index is 4.32. The normalized spacial score (nSPS) is 10.8. The number of hydrogen-bond donors (Lipinski definition) is 0. The predicted octanol–water partition coefficient (Wildman–Crippen LogP) is 5.75. The Bertz CT molecular complexity index is 986. The van der Waals surface area contributed by atoms with Crippen LogP contribution in [0.2, 0.25) is 0 Å². The van der Waals surface area contributed by atoms with Gasteiger partial charge < -0.3 is 4.90 Å². The maximum Gasteiger partial charge on any atom is 0.0558 e. The average molecular weight is 338 g/mol. The van der Waals surface area contributed by atoms with Crippen LogP contribution >= 0.6 is 0 Å². The van der Waals surface area contributed by atoms with E-state index in [0.29, 0.717) is 0 Å². The molecule has 0 aliphatic rings. The SMILES string of the molecule is Cc1ccc(CN(Cc2cccc3ccccc23)c2cccnc2)cc1. The molecule has 0 spiro atoms. The van der Waals surface area contributed by atoms with Gasteiger partial charge in [-0.2, -0.15) is 0 Å². The Kier molecular flexibility index (Phi) is 4.65. The van der Waals surface area contributed by atoms with Crippen molar-refractivity contribution in [1.29, 1.82) is 0 Å². The molecule has 0 aliphatic heterocycles. The molecule has 128 valence electrons. The molecule has 0 radical (unpaired) electrons. The molecule has 1 heterocycles. The Morgan fingerprint density at radius 3 is 2.38 bits per heavy atom. The van der Waals surface area contributed by atoms with Crippen molar-refractivity contribution in [3.8, 4) is 0 Å². The highest BCUT2D eigenvalue weighted by Crippen LogP contribution is 2.24. The van der Waals surface area contributed by atoms with E-state index in [0.717, 1.165) is 18.8 Å². The van der Waals surface area contributed by atoms with Crippen LogP contribution in [0.25, 0.3) is 10.8 Å². The lowest BCUT2D eigenvalue weighted by atomic mass is 10.0. The van der Waals surface area contributed by atoms with Crippen LogP contribution in [-0.2, 0) is 13.1 Å². The van der Waals surface area contributed by atoms with Gasteiger partial charge in [-0.1, -0.05) is 72.3 Å². The molecule has 2 heteroatoms. The molecular weight excluding hydrogens is 316 g/mol. The second kappa shape index (κ2) is 7.40. The van der Waals surface area contributed by atoms with E-state index >= 15 is 0 Å². The van der Waals surface area contributed by atoms with Crippen LogP contribution in [0.5, 0.6) is 0 Å². The first kappa shape index (κ1) is 16.3. The molecule has 3 aromatic carbocycles. The lowest BCUT2D eigenvalue weighted by molar-refractivity contribution is 0.801. The van der Waals surface area contributed by atoms with Crippen LogP contribution in [0, 0.1) is 6.92 Å². The van der Waals surface area contributed by atoms with Gasteiger partial charge in [0.05, 0.1) is 11.9 Å². The quantitative estimate of drug-likeness (QED) is 0.460. The van der Waals surface area contributed by atoms with Gasteiger partial charge in [0.15, 0.2) is 0 Å². The molecule has 26 heavy (non-hydrogen) atoms. The standard InChI is InChI=1S/C24H22N2/c1-19-11-13-20(14-12-19)17-26(23-9-5-15-25-16-23)18-22-8-4-7-21-6-2-3-10-24(21)22/h2-16H,17-18H2,1H3. The van der Waals surface area contributed by atoms with Gasteiger partial charge in [0.25, 0.3) is 0 Å². The van der Waals surface area contributed by atoms with E-state index in [-0.39, 0.29) is 0 Å². The summed E-state index contributed by atoms with van der Waals surface area (Å²) in [5, 5.41) is 2.60. The highest BCUT2D eigenvalue weighted by molar-refractivity contribution is 5.85. The summed E-state index contributed by atoms with van der Waals surface area (Å²) >= 11 is 0. The van der Waals surface area contributed by atoms with E-state index in [2.05, 4.69) is 89.6 Å². The maximum absolute atomic E-state index is 4.32. The third kappa shape index (κ3) is 3.60. The van der Waals surface area contributed by atoms with Crippen LogP contribution in [0.1, 0.15) is 16.7 Å². The van der Waals surface area contributed by atoms with Crippen molar-refractivity contribution in [3.05, 3.63) is 108 Å². The Hall–Kier alpha value is -3.13. The van der Waals surface area contributed by atoms with Crippen LogP contribution in [0.4, 0.5) is 5.69 Å². The summed E-state index contributed by atoms with van der Waals surface area (Å²) in [5.41, 5.74) is 5.07. The molecule has 2 nitrogen and oxygen atoms in total. The number of rotatable bonds is 5.